The van der Waals surface area contributed by atoms with Crippen LogP contribution in [0.3, 0.4) is 0 Å². The van der Waals surface area contributed by atoms with Gasteiger partial charge in [-0.2, -0.15) is 0 Å². The fourth-order valence-corrected chi connectivity index (χ4v) is 4.06. The van der Waals surface area contributed by atoms with Gasteiger partial charge in [-0.25, -0.2) is 4.98 Å². The lowest BCUT2D eigenvalue weighted by Gasteiger charge is -2.39. The third-order valence-corrected chi connectivity index (χ3v) is 5.57. The molecule has 5 heteroatoms. The first kappa shape index (κ1) is 17.6. The van der Waals surface area contributed by atoms with Crippen LogP contribution in [0.2, 0.25) is 0 Å². The zero-order valence-electron chi connectivity index (χ0n) is 16.0. The fraction of sp³-hybridized carbons (Fsp3) is 0.364. The summed E-state index contributed by atoms with van der Waals surface area (Å²) in [5.74, 6) is 0.354. The molecular formula is C22H25N3O2. The van der Waals surface area contributed by atoms with Crippen LogP contribution in [0.5, 0.6) is 5.75 Å². The first-order valence-electron chi connectivity index (χ1n) is 9.38. The van der Waals surface area contributed by atoms with E-state index in [1.54, 1.807) is 12.4 Å². The second-order valence-electron chi connectivity index (χ2n) is 8.38. The van der Waals surface area contributed by atoms with Crippen molar-refractivity contribution in [2.75, 3.05) is 6.54 Å². The number of phenols is 1. The lowest BCUT2D eigenvalue weighted by Crippen LogP contribution is -2.48. The van der Waals surface area contributed by atoms with Gasteiger partial charge in [-0.05, 0) is 53.6 Å². The van der Waals surface area contributed by atoms with E-state index >= 15 is 0 Å². The van der Waals surface area contributed by atoms with Gasteiger partial charge in [-0.3, -0.25) is 4.79 Å². The molecule has 0 saturated carbocycles. The van der Waals surface area contributed by atoms with Gasteiger partial charge in [0.2, 0.25) is 0 Å². The molecule has 140 valence electrons. The van der Waals surface area contributed by atoms with Crippen LogP contribution in [0.25, 0.3) is 11.0 Å². The number of nitrogens with one attached hydrogen (secondary N) is 1. The molecule has 27 heavy (non-hydrogen) atoms. The topological polar surface area (TPSA) is 69.2 Å². The molecule has 1 aromatic heterocycles. The van der Waals surface area contributed by atoms with Crippen LogP contribution in [0, 0.1) is 5.41 Å². The first-order chi connectivity index (χ1) is 12.8. The number of H-pyrrole nitrogens is 1. The highest BCUT2D eigenvalue weighted by atomic mass is 16.3. The number of imidazole rings is 1. The van der Waals surface area contributed by atoms with Crippen molar-refractivity contribution in [1.82, 2.24) is 14.9 Å². The van der Waals surface area contributed by atoms with Crippen molar-refractivity contribution in [2.45, 2.75) is 39.7 Å². The number of carbonyl (C=O) groups is 1. The number of rotatable bonds is 1. The summed E-state index contributed by atoms with van der Waals surface area (Å²) in [7, 11) is 0. The minimum absolute atomic E-state index is 0.0266. The van der Waals surface area contributed by atoms with Gasteiger partial charge in [0.05, 0.1) is 17.4 Å². The highest BCUT2D eigenvalue weighted by molar-refractivity contribution is 5.97. The Labute approximate surface area is 159 Å². The monoisotopic (exact) mass is 363 g/mol. The molecule has 0 bridgehead atoms. The lowest BCUT2D eigenvalue weighted by molar-refractivity contribution is 0.0532. The summed E-state index contributed by atoms with van der Waals surface area (Å²) < 4.78 is 0. The Morgan fingerprint density at radius 3 is 2.85 bits per heavy atom. The van der Waals surface area contributed by atoms with Gasteiger partial charge < -0.3 is 15.0 Å². The number of phenolic OH excluding ortho intramolecular Hbond substituents is 1. The Bertz CT molecular complexity index is 1000. The van der Waals surface area contributed by atoms with Crippen LogP contribution < -0.4 is 0 Å². The third kappa shape index (κ3) is 3.18. The minimum atomic E-state index is -0.0825. The van der Waals surface area contributed by atoms with Crippen molar-refractivity contribution in [3.63, 3.8) is 0 Å². The van der Waals surface area contributed by atoms with Crippen molar-refractivity contribution in [3.8, 4) is 5.75 Å². The molecule has 5 nitrogen and oxygen atoms in total. The highest BCUT2D eigenvalue weighted by Gasteiger charge is 2.36. The van der Waals surface area contributed by atoms with Crippen LogP contribution in [0.1, 0.15) is 42.3 Å². The predicted octanol–water partition coefficient (Wildman–Crippen LogP) is 3.92. The number of amides is 1. The van der Waals surface area contributed by atoms with E-state index < -0.39 is 0 Å². The summed E-state index contributed by atoms with van der Waals surface area (Å²) in [6, 6.07) is 11.3. The summed E-state index contributed by atoms with van der Waals surface area (Å²) in [5.41, 5.74) is 4.40. The molecule has 0 fully saturated rings. The van der Waals surface area contributed by atoms with E-state index in [0.29, 0.717) is 24.3 Å². The summed E-state index contributed by atoms with van der Waals surface area (Å²) in [6.07, 6.45) is 3.04. The summed E-state index contributed by atoms with van der Waals surface area (Å²) in [6.45, 7) is 7.10. The molecule has 1 aliphatic rings. The normalized spacial score (nSPS) is 17.6. The fourth-order valence-electron chi connectivity index (χ4n) is 4.06. The number of nitrogens with zero attached hydrogens (tertiary/aromatic N) is 2. The van der Waals surface area contributed by atoms with E-state index in [-0.39, 0.29) is 17.4 Å². The summed E-state index contributed by atoms with van der Waals surface area (Å²) in [5, 5.41) is 10.3. The SMILES string of the molecule is CC(C)(C)C1Cc2cccc(O)c2CCN1C(=O)c1ccc2nc[nH]c2c1. The molecule has 1 atom stereocenters. The third-order valence-electron chi connectivity index (χ3n) is 5.57. The molecular weight excluding hydrogens is 338 g/mol. The Balaban J connectivity index is 1.73. The standard InChI is InChI=1S/C22H25N3O2/c1-22(2,3)20-12-14-5-4-6-19(26)16(14)9-10-25(20)21(27)15-7-8-17-18(11-15)24-13-23-17/h4-8,11,13,20,26H,9-10,12H2,1-3H3,(H,23,24). The van der Waals surface area contributed by atoms with Gasteiger partial charge in [0.15, 0.2) is 0 Å². The zero-order valence-corrected chi connectivity index (χ0v) is 16.0. The van der Waals surface area contributed by atoms with Gasteiger partial charge >= 0.3 is 0 Å². The van der Waals surface area contributed by atoms with Crippen molar-refractivity contribution in [3.05, 3.63) is 59.4 Å². The quantitative estimate of drug-likeness (QED) is 0.688. The number of benzene rings is 2. The average Bonchev–Trinajstić information content (AvgIpc) is 2.99. The number of carbonyl (C=O) groups excluding carboxylic acids is 1. The van der Waals surface area contributed by atoms with Crippen LogP contribution in [-0.2, 0) is 12.8 Å². The van der Waals surface area contributed by atoms with Crippen molar-refractivity contribution >= 4 is 16.9 Å². The van der Waals surface area contributed by atoms with Crippen molar-refractivity contribution in [1.29, 1.82) is 0 Å². The van der Waals surface area contributed by atoms with E-state index in [9.17, 15) is 9.90 Å². The smallest absolute Gasteiger partial charge is 0.254 e. The summed E-state index contributed by atoms with van der Waals surface area (Å²) >= 11 is 0. The molecule has 2 aromatic carbocycles. The van der Waals surface area contributed by atoms with Crippen molar-refractivity contribution < 1.29 is 9.90 Å². The molecule has 0 saturated heterocycles. The molecule has 4 rings (SSSR count). The van der Waals surface area contributed by atoms with Gasteiger partial charge in [0, 0.05) is 18.2 Å². The molecule has 0 radical (unpaired) electrons. The summed E-state index contributed by atoms with van der Waals surface area (Å²) in [4.78, 5) is 22.7. The van der Waals surface area contributed by atoms with Gasteiger partial charge in [-0.1, -0.05) is 32.9 Å². The van der Waals surface area contributed by atoms with Gasteiger partial charge in [0.25, 0.3) is 5.91 Å². The molecule has 1 unspecified atom stereocenters. The van der Waals surface area contributed by atoms with Crippen LogP contribution in [0.15, 0.2) is 42.7 Å². The first-order valence-corrected chi connectivity index (χ1v) is 9.38. The second-order valence-corrected chi connectivity index (χ2v) is 8.38. The Morgan fingerprint density at radius 2 is 2.07 bits per heavy atom. The number of hydrogen-bond donors (Lipinski definition) is 2. The van der Waals surface area contributed by atoms with Crippen molar-refractivity contribution in [2.24, 2.45) is 5.41 Å². The van der Waals surface area contributed by atoms with E-state index in [1.807, 2.05) is 29.2 Å². The highest BCUT2D eigenvalue weighted by Crippen LogP contribution is 2.34. The van der Waals surface area contributed by atoms with Crippen LogP contribution in [0.4, 0.5) is 0 Å². The van der Waals surface area contributed by atoms with E-state index in [0.717, 1.165) is 28.6 Å². The molecule has 1 amide bonds. The lowest BCUT2D eigenvalue weighted by atomic mass is 9.81. The molecule has 3 aromatic rings. The molecule has 0 aliphatic carbocycles. The molecule has 0 spiro atoms. The molecule has 2 N–H and O–H groups in total. The second kappa shape index (κ2) is 6.41. The Kier molecular flexibility index (Phi) is 4.17. The Morgan fingerprint density at radius 1 is 1.26 bits per heavy atom. The number of aromatic amines is 1. The average molecular weight is 363 g/mol. The minimum Gasteiger partial charge on any atom is -0.508 e. The maximum atomic E-state index is 13.4. The maximum Gasteiger partial charge on any atom is 0.254 e. The molecule has 2 heterocycles. The number of aromatic hydroxyl groups is 1. The number of hydrogen-bond acceptors (Lipinski definition) is 3. The van der Waals surface area contributed by atoms with Crippen LogP contribution >= 0.6 is 0 Å². The predicted molar refractivity (Wildman–Crippen MR) is 106 cm³/mol. The zero-order chi connectivity index (χ0) is 19.2. The largest absolute Gasteiger partial charge is 0.508 e. The van der Waals surface area contributed by atoms with Gasteiger partial charge in [-0.15, -0.1) is 0 Å². The molecule has 1 aliphatic heterocycles. The van der Waals surface area contributed by atoms with Gasteiger partial charge in [0.1, 0.15) is 5.75 Å². The van der Waals surface area contributed by atoms with E-state index in [2.05, 4.69) is 36.8 Å². The number of fused-ring (bicyclic) bond motifs is 2. The van der Waals surface area contributed by atoms with E-state index in [4.69, 9.17) is 0 Å². The number of aromatic nitrogens is 2. The maximum absolute atomic E-state index is 13.4. The Hall–Kier alpha value is -2.82. The van der Waals surface area contributed by atoms with E-state index in [1.165, 1.54) is 0 Å². The van der Waals surface area contributed by atoms with Crippen LogP contribution in [-0.4, -0.2) is 38.5 Å².